The highest BCUT2D eigenvalue weighted by Gasteiger charge is 2.06. The van der Waals surface area contributed by atoms with E-state index in [4.69, 9.17) is 9.47 Å². The van der Waals surface area contributed by atoms with Gasteiger partial charge in [-0.25, -0.2) is 0 Å². The van der Waals surface area contributed by atoms with Crippen LogP contribution in [0.25, 0.3) is 0 Å². The fraction of sp³-hybridized carbons (Fsp3) is 0.750. The van der Waals surface area contributed by atoms with E-state index in [1.165, 1.54) is 0 Å². The summed E-state index contributed by atoms with van der Waals surface area (Å²) in [5.74, 6) is 0.992. The Bertz CT molecular complexity index is 390. The Morgan fingerprint density at radius 1 is 1.15 bits per heavy atom. The molecule has 2 N–H and O–H groups in total. The lowest BCUT2D eigenvalue weighted by Gasteiger charge is -2.16. The molecule has 0 aliphatic heterocycles. The number of ether oxygens (including phenoxy) is 2. The standard InChI is InChI=1S/C12H24N6O2/c1-5-20-12-16-10(13-2)15-11(17-12)14-6-7-18(3)8-9-19-4/h5-9H2,1-4H3,(H2,13,14,15,16,17). The maximum atomic E-state index is 5.30. The largest absolute Gasteiger partial charge is 0.464 e. The third kappa shape index (κ3) is 5.98. The Hall–Kier alpha value is -1.67. The smallest absolute Gasteiger partial charge is 0.323 e. The zero-order valence-electron chi connectivity index (χ0n) is 12.6. The number of hydrogen-bond acceptors (Lipinski definition) is 8. The van der Waals surface area contributed by atoms with E-state index in [1.54, 1.807) is 14.2 Å². The fourth-order valence-corrected chi connectivity index (χ4v) is 1.46. The van der Waals surface area contributed by atoms with Gasteiger partial charge in [-0.15, -0.1) is 0 Å². The maximum absolute atomic E-state index is 5.30. The first kappa shape index (κ1) is 16.4. The Balaban J connectivity index is 2.47. The highest BCUT2D eigenvalue weighted by molar-refractivity contribution is 5.35. The van der Waals surface area contributed by atoms with Crippen LogP contribution in [0.4, 0.5) is 11.9 Å². The van der Waals surface area contributed by atoms with Crippen LogP contribution < -0.4 is 15.4 Å². The summed E-state index contributed by atoms with van der Waals surface area (Å²) in [5, 5.41) is 6.04. The second-order valence-corrected chi connectivity index (χ2v) is 4.17. The maximum Gasteiger partial charge on any atom is 0.323 e. The minimum atomic E-state index is 0.321. The fourth-order valence-electron chi connectivity index (χ4n) is 1.46. The summed E-state index contributed by atoms with van der Waals surface area (Å²) in [4.78, 5) is 14.7. The molecule has 0 aliphatic carbocycles. The normalized spacial score (nSPS) is 10.7. The molecule has 0 aliphatic rings. The summed E-state index contributed by atoms with van der Waals surface area (Å²) >= 11 is 0. The van der Waals surface area contributed by atoms with Crippen LogP contribution >= 0.6 is 0 Å². The van der Waals surface area contributed by atoms with Crippen molar-refractivity contribution < 1.29 is 9.47 Å². The van der Waals surface area contributed by atoms with Crippen molar-refractivity contribution in [1.82, 2.24) is 19.9 Å². The number of nitrogens with zero attached hydrogens (tertiary/aromatic N) is 4. The number of likely N-dealkylation sites (N-methyl/N-ethyl adjacent to an activating group) is 1. The lowest BCUT2D eigenvalue weighted by molar-refractivity contribution is 0.163. The van der Waals surface area contributed by atoms with Crippen molar-refractivity contribution in [3.8, 4) is 6.01 Å². The molecule has 1 aromatic rings. The molecule has 114 valence electrons. The monoisotopic (exact) mass is 284 g/mol. The molecule has 1 aromatic heterocycles. The second kappa shape index (κ2) is 9.27. The lowest BCUT2D eigenvalue weighted by atomic mass is 10.5. The molecule has 1 rings (SSSR count). The van der Waals surface area contributed by atoms with Crippen molar-refractivity contribution in [2.24, 2.45) is 0 Å². The van der Waals surface area contributed by atoms with Crippen LogP contribution in [0.15, 0.2) is 0 Å². The molecule has 0 saturated carbocycles. The average molecular weight is 284 g/mol. The van der Waals surface area contributed by atoms with E-state index in [-0.39, 0.29) is 0 Å². The van der Waals surface area contributed by atoms with Crippen LogP contribution in [0, 0.1) is 0 Å². The van der Waals surface area contributed by atoms with Gasteiger partial charge in [0.15, 0.2) is 0 Å². The summed E-state index contributed by atoms with van der Waals surface area (Å²) < 4.78 is 10.3. The predicted molar refractivity (Wildman–Crippen MR) is 78.4 cm³/mol. The Labute approximate surface area is 119 Å². The summed E-state index contributed by atoms with van der Waals surface area (Å²) in [5.41, 5.74) is 0. The number of anilines is 2. The first-order valence-corrected chi connectivity index (χ1v) is 6.67. The van der Waals surface area contributed by atoms with E-state index < -0.39 is 0 Å². The van der Waals surface area contributed by atoms with Crippen molar-refractivity contribution in [2.45, 2.75) is 6.92 Å². The van der Waals surface area contributed by atoms with Gasteiger partial charge in [-0.3, -0.25) is 0 Å². The molecule has 0 radical (unpaired) electrons. The van der Waals surface area contributed by atoms with Gasteiger partial charge < -0.3 is 25.0 Å². The molecule has 1 heterocycles. The molecule has 0 unspecified atom stereocenters. The quantitative estimate of drug-likeness (QED) is 0.635. The van der Waals surface area contributed by atoms with Crippen molar-refractivity contribution in [3.63, 3.8) is 0 Å². The summed E-state index contributed by atoms with van der Waals surface area (Å²) in [6.45, 7) is 5.63. The van der Waals surface area contributed by atoms with Gasteiger partial charge in [-0.05, 0) is 14.0 Å². The molecular weight excluding hydrogens is 260 g/mol. The van der Waals surface area contributed by atoms with Gasteiger partial charge >= 0.3 is 6.01 Å². The van der Waals surface area contributed by atoms with E-state index >= 15 is 0 Å². The first-order valence-electron chi connectivity index (χ1n) is 6.67. The second-order valence-electron chi connectivity index (χ2n) is 4.17. The minimum absolute atomic E-state index is 0.321. The van der Waals surface area contributed by atoms with Crippen LogP contribution in [0.1, 0.15) is 6.92 Å². The topological polar surface area (TPSA) is 84.4 Å². The third-order valence-corrected chi connectivity index (χ3v) is 2.57. The summed E-state index contributed by atoms with van der Waals surface area (Å²) in [7, 11) is 5.50. The molecular formula is C12H24N6O2. The lowest BCUT2D eigenvalue weighted by Crippen LogP contribution is -2.28. The number of nitrogens with one attached hydrogen (secondary N) is 2. The van der Waals surface area contributed by atoms with Crippen LogP contribution in [0.2, 0.25) is 0 Å². The molecule has 0 atom stereocenters. The summed E-state index contributed by atoms with van der Waals surface area (Å²) in [6.07, 6.45) is 0. The zero-order valence-corrected chi connectivity index (χ0v) is 12.6. The van der Waals surface area contributed by atoms with E-state index in [0.29, 0.717) is 24.5 Å². The highest BCUT2D eigenvalue weighted by Crippen LogP contribution is 2.10. The Morgan fingerprint density at radius 2 is 1.90 bits per heavy atom. The molecule has 0 saturated heterocycles. The molecule has 0 amide bonds. The molecule has 20 heavy (non-hydrogen) atoms. The van der Waals surface area contributed by atoms with Gasteiger partial charge in [0.25, 0.3) is 0 Å². The Kier molecular flexibility index (Phi) is 7.59. The van der Waals surface area contributed by atoms with Gasteiger partial charge in [0.1, 0.15) is 0 Å². The van der Waals surface area contributed by atoms with E-state index in [9.17, 15) is 0 Å². The average Bonchev–Trinajstić information content (AvgIpc) is 2.45. The van der Waals surface area contributed by atoms with Gasteiger partial charge in [-0.2, -0.15) is 15.0 Å². The van der Waals surface area contributed by atoms with Crippen molar-refractivity contribution >= 4 is 11.9 Å². The van der Waals surface area contributed by atoms with Gasteiger partial charge in [0, 0.05) is 33.8 Å². The number of hydrogen-bond donors (Lipinski definition) is 2. The number of rotatable bonds is 10. The number of aromatic nitrogens is 3. The van der Waals surface area contributed by atoms with Crippen molar-refractivity contribution in [2.75, 3.05) is 64.7 Å². The SMILES string of the molecule is CCOc1nc(NC)nc(NCCN(C)CCOC)n1. The molecule has 8 nitrogen and oxygen atoms in total. The highest BCUT2D eigenvalue weighted by atomic mass is 16.5. The van der Waals surface area contributed by atoms with Gasteiger partial charge in [0.2, 0.25) is 11.9 Å². The third-order valence-electron chi connectivity index (χ3n) is 2.57. The van der Waals surface area contributed by atoms with Gasteiger partial charge in [-0.1, -0.05) is 0 Å². The molecule has 0 spiro atoms. The van der Waals surface area contributed by atoms with Crippen LogP contribution in [0.3, 0.4) is 0 Å². The van der Waals surface area contributed by atoms with Crippen molar-refractivity contribution in [1.29, 1.82) is 0 Å². The zero-order chi connectivity index (χ0) is 14.8. The van der Waals surface area contributed by atoms with Gasteiger partial charge in [0.05, 0.1) is 13.2 Å². The summed E-state index contributed by atoms with van der Waals surface area (Å²) in [6, 6.07) is 0.321. The van der Waals surface area contributed by atoms with Crippen molar-refractivity contribution in [3.05, 3.63) is 0 Å². The van der Waals surface area contributed by atoms with Crippen LogP contribution in [-0.2, 0) is 4.74 Å². The number of methoxy groups -OCH3 is 1. The van der Waals surface area contributed by atoms with E-state index in [1.807, 2.05) is 14.0 Å². The van der Waals surface area contributed by atoms with E-state index in [2.05, 4.69) is 30.5 Å². The molecule has 8 heteroatoms. The van der Waals surface area contributed by atoms with Crippen LogP contribution in [-0.4, -0.2) is 73.9 Å². The predicted octanol–water partition coefficient (Wildman–Crippen LogP) is 0.302. The molecule has 0 fully saturated rings. The van der Waals surface area contributed by atoms with Crippen LogP contribution in [0.5, 0.6) is 6.01 Å². The molecule has 0 bridgehead atoms. The minimum Gasteiger partial charge on any atom is -0.464 e. The van der Waals surface area contributed by atoms with E-state index in [0.717, 1.165) is 26.2 Å². The Morgan fingerprint density at radius 3 is 2.55 bits per heavy atom. The molecule has 0 aromatic carbocycles. The first-order chi connectivity index (χ1) is 9.69.